The molecule has 5 heteroatoms. The summed E-state index contributed by atoms with van der Waals surface area (Å²) in [6.45, 7) is 2.00. The van der Waals surface area contributed by atoms with Crippen LogP contribution < -0.4 is 16.8 Å². The number of aryl methyl sites for hydroxylation is 1. The van der Waals surface area contributed by atoms with Crippen LogP contribution in [0, 0.1) is 6.92 Å². The van der Waals surface area contributed by atoms with Crippen LogP contribution >= 0.6 is 0 Å². The van der Waals surface area contributed by atoms with Crippen LogP contribution in [0.2, 0.25) is 0 Å². The standard InChI is InChI=1S/C17H24N4O/c1-12-7-9-14(10-8-12)21-16(18)15(17(19)22)11-20-13-5-3-2-4-6-13/h7-11,13,20H,2-6H2,1H3,(H2,18,21)(H2,19,22)/b15-11+. The number of benzene rings is 1. The molecule has 1 amide bonds. The van der Waals surface area contributed by atoms with Crippen LogP contribution in [0.3, 0.4) is 0 Å². The Hall–Kier alpha value is -2.30. The molecule has 118 valence electrons. The van der Waals surface area contributed by atoms with Crippen molar-refractivity contribution in [2.75, 3.05) is 0 Å². The fraction of sp³-hybridized carbons (Fsp3) is 0.412. The minimum atomic E-state index is -0.573. The third kappa shape index (κ3) is 4.62. The quantitative estimate of drug-likeness (QED) is 0.442. The summed E-state index contributed by atoms with van der Waals surface area (Å²) in [4.78, 5) is 15.9. The van der Waals surface area contributed by atoms with Crippen molar-refractivity contribution in [1.82, 2.24) is 5.32 Å². The van der Waals surface area contributed by atoms with Crippen molar-refractivity contribution >= 4 is 17.4 Å². The van der Waals surface area contributed by atoms with Gasteiger partial charge in [-0.25, -0.2) is 4.99 Å². The van der Waals surface area contributed by atoms with Crippen LogP contribution in [0.1, 0.15) is 37.7 Å². The van der Waals surface area contributed by atoms with Crippen LogP contribution in [-0.4, -0.2) is 17.8 Å². The third-order valence-corrected chi connectivity index (χ3v) is 3.89. The number of amides is 1. The van der Waals surface area contributed by atoms with E-state index in [9.17, 15) is 4.79 Å². The van der Waals surface area contributed by atoms with Gasteiger partial charge in [0.05, 0.1) is 11.3 Å². The van der Waals surface area contributed by atoms with Crippen LogP contribution in [0.4, 0.5) is 5.69 Å². The van der Waals surface area contributed by atoms with Crippen molar-refractivity contribution in [2.24, 2.45) is 16.5 Å². The number of nitrogens with zero attached hydrogens (tertiary/aromatic N) is 1. The predicted molar refractivity (Wildman–Crippen MR) is 89.7 cm³/mol. The van der Waals surface area contributed by atoms with Crippen LogP contribution in [0.5, 0.6) is 0 Å². The average molecular weight is 300 g/mol. The van der Waals surface area contributed by atoms with Gasteiger partial charge in [-0.15, -0.1) is 0 Å². The van der Waals surface area contributed by atoms with E-state index >= 15 is 0 Å². The van der Waals surface area contributed by atoms with Crippen molar-refractivity contribution in [3.63, 3.8) is 0 Å². The maximum atomic E-state index is 11.6. The van der Waals surface area contributed by atoms with Gasteiger partial charge in [0, 0.05) is 12.2 Å². The number of carbonyl (C=O) groups is 1. The molecule has 0 aromatic heterocycles. The fourth-order valence-corrected chi connectivity index (χ4v) is 2.56. The van der Waals surface area contributed by atoms with E-state index in [1.165, 1.54) is 19.3 Å². The van der Waals surface area contributed by atoms with Crippen LogP contribution in [-0.2, 0) is 4.79 Å². The Bertz CT molecular complexity index is 569. The Labute approximate surface area is 131 Å². The molecule has 0 bridgehead atoms. The summed E-state index contributed by atoms with van der Waals surface area (Å²) in [6.07, 6.45) is 7.54. The summed E-state index contributed by atoms with van der Waals surface area (Å²) < 4.78 is 0. The molecule has 0 aliphatic heterocycles. The van der Waals surface area contributed by atoms with Crippen molar-refractivity contribution in [2.45, 2.75) is 45.1 Å². The zero-order valence-electron chi connectivity index (χ0n) is 13.0. The van der Waals surface area contributed by atoms with Gasteiger partial charge in [-0.1, -0.05) is 37.0 Å². The second-order valence-electron chi connectivity index (χ2n) is 5.76. The maximum Gasteiger partial charge on any atom is 0.253 e. The van der Waals surface area contributed by atoms with E-state index in [0.29, 0.717) is 11.7 Å². The fourth-order valence-electron chi connectivity index (χ4n) is 2.56. The first kappa shape index (κ1) is 16.1. The highest BCUT2D eigenvalue weighted by molar-refractivity contribution is 6.20. The zero-order valence-corrected chi connectivity index (χ0v) is 13.0. The highest BCUT2D eigenvalue weighted by Gasteiger charge is 2.14. The molecule has 1 aromatic carbocycles. The molecule has 1 saturated carbocycles. The molecule has 2 rings (SSSR count). The van der Waals surface area contributed by atoms with Crippen LogP contribution in [0.15, 0.2) is 41.0 Å². The van der Waals surface area contributed by atoms with E-state index in [4.69, 9.17) is 11.5 Å². The number of hydrogen-bond donors (Lipinski definition) is 3. The minimum absolute atomic E-state index is 0.139. The zero-order chi connectivity index (χ0) is 15.9. The summed E-state index contributed by atoms with van der Waals surface area (Å²) in [5.41, 5.74) is 13.4. The molecule has 0 saturated heterocycles. The van der Waals surface area contributed by atoms with E-state index in [-0.39, 0.29) is 11.4 Å². The number of primary amides is 1. The van der Waals surface area contributed by atoms with Crippen molar-refractivity contribution in [1.29, 1.82) is 0 Å². The molecule has 1 fully saturated rings. The predicted octanol–water partition coefficient (Wildman–Crippen LogP) is 2.28. The Balaban J connectivity index is 2.11. The lowest BCUT2D eigenvalue weighted by Gasteiger charge is -2.22. The molecule has 5 nitrogen and oxygen atoms in total. The second kappa shape index (κ2) is 7.64. The van der Waals surface area contributed by atoms with Gasteiger partial charge < -0.3 is 16.8 Å². The van der Waals surface area contributed by atoms with E-state index in [0.717, 1.165) is 18.4 Å². The van der Waals surface area contributed by atoms with Crippen molar-refractivity contribution in [3.05, 3.63) is 41.6 Å². The molecule has 0 heterocycles. The van der Waals surface area contributed by atoms with Crippen molar-refractivity contribution < 1.29 is 4.79 Å². The molecule has 1 aliphatic rings. The lowest BCUT2D eigenvalue weighted by atomic mass is 9.95. The van der Waals surface area contributed by atoms with E-state index in [2.05, 4.69) is 10.3 Å². The summed E-state index contributed by atoms with van der Waals surface area (Å²) in [5, 5.41) is 3.26. The molecular weight excluding hydrogens is 276 g/mol. The lowest BCUT2D eigenvalue weighted by molar-refractivity contribution is -0.114. The number of nitrogens with two attached hydrogens (primary N) is 2. The first-order valence-corrected chi connectivity index (χ1v) is 7.73. The number of rotatable bonds is 5. The highest BCUT2D eigenvalue weighted by Crippen LogP contribution is 2.18. The third-order valence-electron chi connectivity index (χ3n) is 3.89. The maximum absolute atomic E-state index is 11.6. The Kier molecular flexibility index (Phi) is 5.58. The van der Waals surface area contributed by atoms with Gasteiger partial charge in [-0.3, -0.25) is 4.79 Å². The molecule has 5 N–H and O–H groups in total. The van der Waals surface area contributed by atoms with Gasteiger partial charge in [0.15, 0.2) is 0 Å². The monoisotopic (exact) mass is 300 g/mol. The summed E-state index contributed by atoms with van der Waals surface area (Å²) >= 11 is 0. The van der Waals surface area contributed by atoms with Gasteiger partial charge in [0.2, 0.25) is 0 Å². The Morgan fingerprint density at radius 1 is 1.18 bits per heavy atom. The number of carbonyl (C=O) groups excluding carboxylic acids is 1. The van der Waals surface area contributed by atoms with Gasteiger partial charge in [-0.05, 0) is 31.9 Å². The first-order valence-electron chi connectivity index (χ1n) is 7.73. The van der Waals surface area contributed by atoms with E-state index in [1.807, 2.05) is 31.2 Å². The van der Waals surface area contributed by atoms with Gasteiger partial charge in [-0.2, -0.15) is 0 Å². The molecule has 22 heavy (non-hydrogen) atoms. The normalized spacial score (nSPS) is 17.3. The number of hydrogen-bond acceptors (Lipinski definition) is 3. The molecule has 0 spiro atoms. The van der Waals surface area contributed by atoms with E-state index < -0.39 is 5.91 Å². The average Bonchev–Trinajstić information content (AvgIpc) is 2.50. The minimum Gasteiger partial charge on any atom is -0.387 e. The Morgan fingerprint density at radius 3 is 2.41 bits per heavy atom. The number of nitrogens with one attached hydrogen (secondary N) is 1. The highest BCUT2D eigenvalue weighted by atomic mass is 16.1. The molecule has 0 radical (unpaired) electrons. The second-order valence-corrected chi connectivity index (χ2v) is 5.76. The van der Waals surface area contributed by atoms with Gasteiger partial charge in [0.1, 0.15) is 5.84 Å². The van der Waals surface area contributed by atoms with E-state index in [1.54, 1.807) is 6.20 Å². The molecule has 1 aromatic rings. The molecule has 0 atom stereocenters. The largest absolute Gasteiger partial charge is 0.387 e. The summed E-state index contributed by atoms with van der Waals surface area (Å²) in [7, 11) is 0. The summed E-state index contributed by atoms with van der Waals surface area (Å²) in [5.74, 6) is -0.434. The smallest absolute Gasteiger partial charge is 0.253 e. The summed E-state index contributed by atoms with van der Waals surface area (Å²) in [6, 6.07) is 7.99. The molecular formula is C17H24N4O. The lowest BCUT2D eigenvalue weighted by Crippen LogP contribution is -2.32. The first-order chi connectivity index (χ1) is 10.6. The number of amidine groups is 1. The Morgan fingerprint density at radius 2 is 1.82 bits per heavy atom. The van der Waals surface area contributed by atoms with Gasteiger partial charge >= 0.3 is 0 Å². The van der Waals surface area contributed by atoms with Crippen LogP contribution in [0.25, 0.3) is 0 Å². The van der Waals surface area contributed by atoms with Gasteiger partial charge in [0.25, 0.3) is 5.91 Å². The van der Waals surface area contributed by atoms with Crippen molar-refractivity contribution in [3.8, 4) is 0 Å². The number of aliphatic imine (C=N–C) groups is 1. The molecule has 1 aliphatic carbocycles. The topological polar surface area (TPSA) is 93.5 Å². The molecule has 0 unspecified atom stereocenters. The SMILES string of the molecule is Cc1ccc(N=C(N)/C(=C\NC2CCCCC2)C(N)=O)cc1.